The quantitative estimate of drug-likeness (QED) is 0.282. The SMILES string of the molecule is O=Cc1c(-c2ccc([N+](=O)[O-])cc2)nc2sc(Cc3ccc(Cl)cc3)nn12. The number of aromatic nitrogens is 3. The number of non-ortho nitro benzene ring substituents is 1. The molecule has 0 aliphatic heterocycles. The van der Waals surface area contributed by atoms with Crippen LogP contribution in [-0.2, 0) is 6.42 Å². The highest BCUT2D eigenvalue weighted by molar-refractivity contribution is 7.16. The maximum absolute atomic E-state index is 11.6. The fourth-order valence-electron chi connectivity index (χ4n) is 2.71. The van der Waals surface area contributed by atoms with Crippen LogP contribution in [0.5, 0.6) is 0 Å². The van der Waals surface area contributed by atoms with Crippen LogP contribution in [-0.4, -0.2) is 25.8 Å². The maximum atomic E-state index is 11.6. The van der Waals surface area contributed by atoms with Crippen molar-refractivity contribution < 1.29 is 9.72 Å². The number of aldehydes is 1. The summed E-state index contributed by atoms with van der Waals surface area (Å²) in [5.74, 6) is 0. The van der Waals surface area contributed by atoms with E-state index in [4.69, 9.17) is 11.6 Å². The smallest absolute Gasteiger partial charge is 0.269 e. The van der Waals surface area contributed by atoms with Crippen LogP contribution in [0.3, 0.4) is 0 Å². The molecule has 9 heteroatoms. The number of hydrogen-bond donors (Lipinski definition) is 0. The topological polar surface area (TPSA) is 90.4 Å². The first-order valence-electron chi connectivity index (χ1n) is 7.88. The van der Waals surface area contributed by atoms with E-state index in [9.17, 15) is 14.9 Å². The first kappa shape index (κ1) is 17.3. The average Bonchev–Trinajstić information content (AvgIpc) is 3.20. The van der Waals surface area contributed by atoms with Gasteiger partial charge in [0.1, 0.15) is 16.4 Å². The summed E-state index contributed by atoms with van der Waals surface area (Å²) in [6.07, 6.45) is 1.30. The van der Waals surface area contributed by atoms with Gasteiger partial charge < -0.3 is 0 Å². The van der Waals surface area contributed by atoms with E-state index in [0.717, 1.165) is 10.6 Å². The molecule has 0 saturated carbocycles. The number of halogens is 1. The molecule has 27 heavy (non-hydrogen) atoms. The van der Waals surface area contributed by atoms with E-state index in [2.05, 4.69) is 10.1 Å². The Bertz CT molecular complexity index is 1150. The van der Waals surface area contributed by atoms with Crippen molar-refractivity contribution in [2.45, 2.75) is 6.42 Å². The van der Waals surface area contributed by atoms with Crippen LogP contribution in [0.2, 0.25) is 5.02 Å². The van der Waals surface area contributed by atoms with E-state index in [1.807, 2.05) is 24.3 Å². The van der Waals surface area contributed by atoms with Crippen LogP contribution in [0.1, 0.15) is 21.1 Å². The molecule has 2 aromatic carbocycles. The van der Waals surface area contributed by atoms with Crippen LogP contribution < -0.4 is 0 Å². The normalized spacial score (nSPS) is 11.0. The van der Waals surface area contributed by atoms with Crippen LogP contribution in [0.15, 0.2) is 48.5 Å². The maximum Gasteiger partial charge on any atom is 0.269 e. The molecule has 0 atom stereocenters. The zero-order valence-electron chi connectivity index (χ0n) is 13.7. The highest BCUT2D eigenvalue weighted by Gasteiger charge is 2.18. The zero-order chi connectivity index (χ0) is 19.0. The Labute approximate surface area is 162 Å². The Kier molecular flexibility index (Phi) is 4.43. The molecule has 0 fully saturated rings. The molecule has 2 heterocycles. The molecule has 4 rings (SSSR count). The van der Waals surface area contributed by atoms with E-state index >= 15 is 0 Å². The van der Waals surface area contributed by atoms with Gasteiger partial charge in [0.2, 0.25) is 4.96 Å². The number of carbonyl (C=O) groups excluding carboxylic acids is 1. The molecular formula is C18H11ClN4O3S. The lowest BCUT2D eigenvalue weighted by molar-refractivity contribution is -0.384. The average molecular weight is 399 g/mol. The van der Waals surface area contributed by atoms with Gasteiger partial charge in [-0.3, -0.25) is 14.9 Å². The zero-order valence-corrected chi connectivity index (χ0v) is 15.3. The summed E-state index contributed by atoms with van der Waals surface area (Å²) in [6.45, 7) is 0. The lowest BCUT2D eigenvalue weighted by atomic mass is 10.1. The van der Waals surface area contributed by atoms with Gasteiger partial charge in [0.05, 0.1) is 4.92 Å². The predicted molar refractivity (Wildman–Crippen MR) is 103 cm³/mol. The summed E-state index contributed by atoms with van der Waals surface area (Å²) < 4.78 is 1.51. The molecule has 0 radical (unpaired) electrons. The molecular weight excluding hydrogens is 388 g/mol. The second-order valence-corrected chi connectivity index (χ2v) is 7.24. The largest absolute Gasteiger partial charge is 0.296 e. The van der Waals surface area contributed by atoms with Gasteiger partial charge in [-0.05, 0) is 29.8 Å². The summed E-state index contributed by atoms with van der Waals surface area (Å²) >= 11 is 7.29. The van der Waals surface area contributed by atoms with Crippen molar-refractivity contribution in [2.75, 3.05) is 0 Å². The van der Waals surface area contributed by atoms with Gasteiger partial charge in [0.15, 0.2) is 6.29 Å². The Balaban J connectivity index is 1.69. The fourth-order valence-corrected chi connectivity index (χ4v) is 3.77. The summed E-state index contributed by atoms with van der Waals surface area (Å²) in [5.41, 5.74) is 2.43. The minimum atomic E-state index is -0.471. The number of imidazole rings is 1. The van der Waals surface area contributed by atoms with Crippen LogP contribution in [0, 0.1) is 10.1 Å². The van der Waals surface area contributed by atoms with Crippen molar-refractivity contribution >= 4 is 39.9 Å². The molecule has 2 aromatic heterocycles. The minimum Gasteiger partial charge on any atom is -0.296 e. The molecule has 0 saturated heterocycles. The molecule has 0 unspecified atom stereocenters. The Morgan fingerprint density at radius 2 is 1.85 bits per heavy atom. The summed E-state index contributed by atoms with van der Waals surface area (Å²) in [4.78, 5) is 27.1. The number of nitro groups is 1. The van der Waals surface area contributed by atoms with Gasteiger partial charge in [0, 0.05) is 29.1 Å². The minimum absolute atomic E-state index is 0.0178. The number of benzene rings is 2. The van der Waals surface area contributed by atoms with Crippen molar-refractivity contribution in [3.63, 3.8) is 0 Å². The molecule has 0 aliphatic rings. The van der Waals surface area contributed by atoms with Crippen LogP contribution in [0.4, 0.5) is 5.69 Å². The van der Waals surface area contributed by atoms with Crippen molar-refractivity contribution in [2.24, 2.45) is 0 Å². The molecule has 0 N–H and O–H groups in total. The number of nitrogens with zero attached hydrogens (tertiary/aromatic N) is 4. The van der Waals surface area contributed by atoms with Crippen LogP contribution in [0.25, 0.3) is 16.2 Å². The van der Waals surface area contributed by atoms with E-state index in [1.54, 1.807) is 12.1 Å². The summed E-state index contributed by atoms with van der Waals surface area (Å²) in [7, 11) is 0. The van der Waals surface area contributed by atoms with Gasteiger partial charge in [-0.25, -0.2) is 4.98 Å². The number of carbonyl (C=O) groups is 1. The fraction of sp³-hybridized carbons (Fsp3) is 0.0556. The van der Waals surface area contributed by atoms with Gasteiger partial charge in [-0.2, -0.15) is 9.61 Å². The number of rotatable bonds is 5. The molecule has 7 nitrogen and oxygen atoms in total. The van der Waals surface area contributed by atoms with E-state index in [1.165, 1.54) is 28.0 Å². The molecule has 0 spiro atoms. The third-order valence-electron chi connectivity index (χ3n) is 4.01. The second-order valence-electron chi connectivity index (χ2n) is 5.76. The van der Waals surface area contributed by atoms with E-state index < -0.39 is 4.92 Å². The van der Waals surface area contributed by atoms with Crippen LogP contribution >= 0.6 is 22.9 Å². The van der Waals surface area contributed by atoms with Crippen molar-refractivity contribution in [1.29, 1.82) is 0 Å². The van der Waals surface area contributed by atoms with Crippen molar-refractivity contribution in [3.8, 4) is 11.3 Å². The van der Waals surface area contributed by atoms with E-state index in [0.29, 0.717) is 39.6 Å². The molecule has 134 valence electrons. The number of nitro benzene ring substituents is 1. The highest BCUT2D eigenvalue weighted by Crippen LogP contribution is 2.28. The third-order valence-corrected chi connectivity index (χ3v) is 5.17. The standard InChI is InChI=1S/C18H11ClN4O3S/c19-13-5-1-11(2-6-13)9-16-21-22-15(10-24)17(20-18(22)27-16)12-3-7-14(8-4-12)23(25)26/h1-8,10H,9H2. The monoisotopic (exact) mass is 398 g/mol. The van der Waals surface area contributed by atoms with Gasteiger partial charge >= 0.3 is 0 Å². The Morgan fingerprint density at radius 3 is 2.48 bits per heavy atom. The van der Waals surface area contributed by atoms with Gasteiger partial charge in [-0.15, -0.1) is 0 Å². The predicted octanol–water partition coefficient (Wildman–Crippen LogP) is 4.42. The van der Waals surface area contributed by atoms with Gasteiger partial charge in [0.25, 0.3) is 5.69 Å². The third kappa shape index (κ3) is 3.32. The lowest BCUT2D eigenvalue weighted by Gasteiger charge is -1.99. The van der Waals surface area contributed by atoms with Crippen molar-refractivity contribution in [1.82, 2.24) is 14.6 Å². The first-order chi connectivity index (χ1) is 13.0. The summed E-state index contributed by atoms with van der Waals surface area (Å²) in [5, 5.41) is 16.8. The molecule has 0 aliphatic carbocycles. The Morgan fingerprint density at radius 1 is 1.15 bits per heavy atom. The van der Waals surface area contributed by atoms with E-state index in [-0.39, 0.29) is 5.69 Å². The number of hydrogen-bond acceptors (Lipinski definition) is 6. The first-order valence-corrected chi connectivity index (χ1v) is 9.07. The molecule has 4 aromatic rings. The Hall–Kier alpha value is -3.10. The van der Waals surface area contributed by atoms with Crippen molar-refractivity contribution in [3.05, 3.63) is 79.9 Å². The second kappa shape index (κ2) is 6.90. The highest BCUT2D eigenvalue weighted by atomic mass is 35.5. The van der Waals surface area contributed by atoms with Gasteiger partial charge in [-0.1, -0.05) is 35.1 Å². The lowest BCUT2D eigenvalue weighted by Crippen LogP contribution is -1.96. The molecule has 0 bridgehead atoms. The number of fused-ring (bicyclic) bond motifs is 1. The summed E-state index contributed by atoms with van der Waals surface area (Å²) in [6, 6.07) is 13.4. The molecule has 0 amide bonds.